The van der Waals surface area contributed by atoms with Crippen molar-refractivity contribution in [3.8, 4) is 17.0 Å². The number of nitrogens with two attached hydrogens (primary N) is 1. The molecule has 6 heteroatoms. The van der Waals surface area contributed by atoms with E-state index in [0.29, 0.717) is 11.3 Å². The van der Waals surface area contributed by atoms with E-state index in [2.05, 4.69) is 24.1 Å². The van der Waals surface area contributed by atoms with Crippen LogP contribution in [0.3, 0.4) is 0 Å². The number of carbonyl (C=O) groups is 1. The number of imidazole rings is 1. The van der Waals surface area contributed by atoms with Crippen LogP contribution in [0.1, 0.15) is 30.6 Å². The number of aryl methyl sites for hydroxylation is 1. The van der Waals surface area contributed by atoms with Crippen molar-refractivity contribution < 1.29 is 9.53 Å². The fourth-order valence-corrected chi connectivity index (χ4v) is 3.07. The first-order valence-electron chi connectivity index (χ1n) is 8.16. The van der Waals surface area contributed by atoms with Gasteiger partial charge in [-0.05, 0) is 31.2 Å². The topological polar surface area (TPSA) is 82.2 Å². The van der Waals surface area contributed by atoms with Gasteiger partial charge in [0.25, 0.3) is 5.91 Å². The highest BCUT2D eigenvalue weighted by atomic mass is 16.5. The van der Waals surface area contributed by atoms with Gasteiger partial charge in [0.1, 0.15) is 11.9 Å². The number of amides is 1. The summed E-state index contributed by atoms with van der Waals surface area (Å²) in [6, 6.07) is 5.49. The van der Waals surface area contributed by atoms with E-state index in [4.69, 9.17) is 10.5 Å². The number of aromatic nitrogens is 2. The number of hydrogen-bond acceptors (Lipinski definition) is 4. The van der Waals surface area contributed by atoms with Gasteiger partial charge in [-0.3, -0.25) is 4.79 Å². The molecular formula is C18H24N4O2. The predicted octanol–water partition coefficient (Wildman–Crippen LogP) is 1.95. The van der Waals surface area contributed by atoms with E-state index >= 15 is 0 Å². The van der Waals surface area contributed by atoms with Crippen LogP contribution in [0.4, 0.5) is 0 Å². The van der Waals surface area contributed by atoms with E-state index in [1.807, 2.05) is 29.9 Å². The lowest BCUT2D eigenvalue weighted by Gasteiger charge is -2.39. The highest BCUT2D eigenvalue weighted by Gasteiger charge is 2.34. The number of hydrogen-bond donors (Lipinski definition) is 2. The quantitative estimate of drug-likeness (QED) is 0.899. The van der Waals surface area contributed by atoms with Gasteiger partial charge in [-0.1, -0.05) is 13.8 Å². The Morgan fingerprint density at radius 3 is 2.88 bits per heavy atom. The fraction of sp³-hybridized carbons (Fsp3) is 0.444. The first-order valence-corrected chi connectivity index (χ1v) is 8.16. The van der Waals surface area contributed by atoms with Crippen LogP contribution in [0.2, 0.25) is 0 Å². The summed E-state index contributed by atoms with van der Waals surface area (Å²) in [5.74, 6) is 0.0525. The summed E-state index contributed by atoms with van der Waals surface area (Å²) >= 11 is 0. The van der Waals surface area contributed by atoms with Gasteiger partial charge in [-0.15, -0.1) is 0 Å². The summed E-state index contributed by atoms with van der Waals surface area (Å²) < 4.78 is 8.05. The van der Waals surface area contributed by atoms with Crippen molar-refractivity contribution in [2.45, 2.75) is 26.4 Å². The second-order valence-electron chi connectivity index (χ2n) is 7.06. The Hall–Kier alpha value is -2.34. The Balaban J connectivity index is 1.92. The van der Waals surface area contributed by atoms with Gasteiger partial charge in [0, 0.05) is 30.8 Å². The van der Waals surface area contributed by atoms with Crippen molar-refractivity contribution in [1.82, 2.24) is 14.9 Å². The lowest BCUT2D eigenvalue weighted by atomic mass is 9.82. The zero-order valence-corrected chi connectivity index (χ0v) is 14.4. The second-order valence-corrected chi connectivity index (χ2v) is 7.06. The lowest BCUT2D eigenvalue weighted by molar-refractivity contribution is 0.0442. The summed E-state index contributed by atoms with van der Waals surface area (Å²) in [6.07, 6.45) is 4.56. The zero-order valence-electron chi connectivity index (χ0n) is 14.4. The molecule has 1 aliphatic rings. The van der Waals surface area contributed by atoms with Crippen LogP contribution >= 0.6 is 0 Å². The smallest absolute Gasteiger partial charge is 0.252 e. The van der Waals surface area contributed by atoms with Gasteiger partial charge >= 0.3 is 0 Å². The summed E-state index contributed by atoms with van der Waals surface area (Å²) in [6.45, 7) is 6.12. The Kier molecular flexibility index (Phi) is 4.32. The number of primary amides is 1. The maximum absolute atomic E-state index is 11.9. The highest BCUT2D eigenvalue weighted by Crippen LogP contribution is 2.32. The number of carbonyl (C=O) groups excluding carboxylic acids is 1. The third-order valence-electron chi connectivity index (χ3n) is 4.55. The minimum absolute atomic E-state index is 0.00712. The molecule has 6 nitrogen and oxygen atoms in total. The number of nitrogens with one attached hydrogen (secondary N) is 1. The number of rotatable bonds is 4. The lowest BCUT2D eigenvalue weighted by Crippen LogP contribution is -2.49. The minimum Gasteiger partial charge on any atom is -0.489 e. The van der Waals surface area contributed by atoms with Gasteiger partial charge < -0.3 is 20.4 Å². The van der Waals surface area contributed by atoms with Gasteiger partial charge in [0.2, 0.25) is 0 Å². The molecule has 24 heavy (non-hydrogen) atoms. The number of benzene rings is 1. The van der Waals surface area contributed by atoms with Crippen molar-refractivity contribution in [3.63, 3.8) is 0 Å². The van der Waals surface area contributed by atoms with E-state index in [1.165, 1.54) is 0 Å². The first kappa shape index (κ1) is 16.5. The van der Waals surface area contributed by atoms with E-state index in [9.17, 15) is 4.79 Å². The van der Waals surface area contributed by atoms with E-state index in [-0.39, 0.29) is 11.5 Å². The van der Waals surface area contributed by atoms with Crippen LogP contribution in [-0.2, 0) is 7.05 Å². The summed E-state index contributed by atoms with van der Waals surface area (Å²) in [5, 5.41) is 3.38. The second kappa shape index (κ2) is 6.28. The SMILES string of the molecule is Cn1cnc(-c2ccc(OC3CCNCC3(C)C)c(C(N)=O)c2)c1. The largest absolute Gasteiger partial charge is 0.489 e. The van der Waals surface area contributed by atoms with Gasteiger partial charge in [-0.25, -0.2) is 4.98 Å². The van der Waals surface area contributed by atoms with Gasteiger partial charge in [0.15, 0.2) is 0 Å². The van der Waals surface area contributed by atoms with Crippen molar-refractivity contribution >= 4 is 5.91 Å². The summed E-state index contributed by atoms with van der Waals surface area (Å²) in [4.78, 5) is 16.2. The van der Waals surface area contributed by atoms with Crippen LogP contribution < -0.4 is 15.8 Å². The number of piperidine rings is 1. The van der Waals surface area contributed by atoms with Crippen molar-refractivity contribution in [1.29, 1.82) is 0 Å². The molecule has 128 valence electrons. The Labute approximate surface area is 142 Å². The molecular weight excluding hydrogens is 304 g/mol. The fourth-order valence-electron chi connectivity index (χ4n) is 3.07. The van der Waals surface area contributed by atoms with Gasteiger partial charge in [-0.2, -0.15) is 0 Å². The third kappa shape index (κ3) is 3.28. The standard InChI is InChI=1S/C18H24N4O2/c1-18(2)10-20-7-6-16(18)24-15-5-4-12(8-13(15)17(19)23)14-9-22(3)11-21-14/h4-5,8-9,11,16,20H,6-7,10H2,1-3H3,(H2,19,23). The molecule has 1 atom stereocenters. The monoisotopic (exact) mass is 328 g/mol. The molecule has 3 N–H and O–H groups in total. The molecule has 2 heterocycles. The van der Waals surface area contributed by atoms with Crippen molar-refractivity contribution in [2.75, 3.05) is 13.1 Å². The molecule has 1 aromatic carbocycles. The van der Waals surface area contributed by atoms with E-state index in [1.54, 1.807) is 12.4 Å². The molecule has 0 bridgehead atoms. The van der Waals surface area contributed by atoms with Crippen LogP contribution in [0, 0.1) is 5.41 Å². The Bertz CT molecular complexity index is 751. The average molecular weight is 328 g/mol. The Morgan fingerprint density at radius 1 is 1.46 bits per heavy atom. The molecule has 2 aromatic rings. The van der Waals surface area contributed by atoms with E-state index < -0.39 is 5.91 Å². The van der Waals surface area contributed by atoms with Crippen molar-refractivity contribution in [3.05, 3.63) is 36.3 Å². The van der Waals surface area contributed by atoms with Crippen LogP contribution in [0.15, 0.2) is 30.7 Å². The number of nitrogens with zero attached hydrogens (tertiary/aromatic N) is 2. The Morgan fingerprint density at radius 2 is 2.25 bits per heavy atom. The van der Waals surface area contributed by atoms with Crippen LogP contribution in [0.25, 0.3) is 11.3 Å². The summed E-state index contributed by atoms with van der Waals surface area (Å²) in [7, 11) is 1.90. The highest BCUT2D eigenvalue weighted by molar-refractivity contribution is 5.96. The molecule has 3 rings (SSSR count). The molecule has 0 spiro atoms. The van der Waals surface area contributed by atoms with Gasteiger partial charge in [0.05, 0.1) is 17.6 Å². The zero-order chi connectivity index (χ0) is 17.3. The molecule has 0 aliphatic carbocycles. The molecule has 1 saturated heterocycles. The first-order chi connectivity index (χ1) is 11.4. The molecule has 0 radical (unpaired) electrons. The maximum Gasteiger partial charge on any atom is 0.252 e. The molecule has 0 saturated carbocycles. The minimum atomic E-state index is -0.491. The molecule has 1 aliphatic heterocycles. The average Bonchev–Trinajstić information content (AvgIpc) is 2.96. The molecule has 1 amide bonds. The maximum atomic E-state index is 11.9. The normalized spacial score (nSPS) is 19.9. The number of ether oxygens (including phenoxy) is 1. The van der Waals surface area contributed by atoms with E-state index in [0.717, 1.165) is 30.8 Å². The third-order valence-corrected chi connectivity index (χ3v) is 4.55. The summed E-state index contributed by atoms with van der Waals surface area (Å²) in [5.41, 5.74) is 7.62. The molecule has 1 aromatic heterocycles. The van der Waals surface area contributed by atoms with Crippen LogP contribution in [-0.4, -0.2) is 34.7 Å². The van der Waals surface area contributed by atoms with Crippen LogP contribution in [0.5, 0.6) is 5.75 Å². The predicted molar refractivity (Wildman–Crippen MR) is 92.8 cm³/mol. The molecule has 1 fully saturated rings. The van der Waals surface area contributed by atoms with Crippen molar-refractivity contribution in [2.24, 2.45) is 18.2 Å². The molecule has 1 unspecified atom stereocenters.